The Bertz CT molecular complexity index is 981. The molecule has 0 spiro atoms. The lowest BCUT2D eigenvalue weighted by Gasteiger charge is -2.23. The highest BCUT2D eigenvalue weighted by Crippen LogP contribution is 2.27. The smallest absolute Gasteiger partial charge is 0.394 e. The number of anilines is 1. The quantitative estimate of drug-likeness (QED) is 0.0856. The van der Waals surface area contributed by atoms with Crippen LogP contribution in [0.25, 0.3) is 0 Å². The van der Waals surface area contributed by atoms with Gasteiger partial charge in [-0.25, -0.2) is 4.57 Å². The zero-order valence-electron chi connectivity index (χ0n) is 26.1. The van der Waals surface area contributed by atoms with Crippen LogP contribution in [0.15, 0.2) is 40.0 Å². The molecule has 2 aromatic rings. The van der Waals surface area contributed by atoms with E-state index in [0.717, 1.165) is 41.7 Å². The number of rotatable bonds is 28. The molecule has 0 amide bonds. The van der Waals surface area contributed by atoms with E-state index in [0.29, 0.717) is 92.5 Å². The molecule has 0 unspecified atom stereocenters. The van der Waals surface area contributed by atoms with Crippen molar-refractivity contribution in [3.05, 3.63) is 35.3 Å². The normalized spacial score (nSPS) is 11.6. The van der Waals surface area contributed by atoms with Crippen LogP contribution >= 0.6 is 11.3 Å². The third-order valence-electron chi connectivity index (χ3n) is 6.14. The molecular formula is C30H51N4O8S+. The van der Waals surface area contributed by atoms with Gasteiger partial charge in [-0.2, -0.15) is 0 Å². The number of likely N-dealkylation sites (N-methyl/N-ethyl adjacent to an activating group) is 1. The maximum absolute atomic E-state index is 8.59. The van der Waals surface area contributed by atoms with Crippen LogP contribution in [-0.4, -0.2) is 117 Å². The summed E-state index contributed by atoms with van der Waals surface area (Å²) in [6.07, 6.45) is 2.02. The first-order chi connectivity index (χ1) is 21.2. The number of aromatic nitrogens is 1. The predicted octanol–water partition coefficient (Wildman–Crippen LogP) is 3.71. The minimum atomic E-state index is 0.0281. The monoisotopic (exact) mass is 627 g/mol. The largest absolute Gasteiger partial charge is 0.408 e. The summed E-state index contributed by atoms with van der Waals surface area (Å²) < 4.78 is 40.3. The summed E-state index contributed by atoms with van der Waals surface area (Å²) in [6.45, 7) is 16.0. The van der Waals surface area contributed by atoms with Gasteiger partial charge in [-0.15, -0.1) is 0 Å². The minimum Gasteiger partial charge on any atom is -0.394 e. The van der Waals surface area contributed by atoms with E-state index in [2.05, 4.69) is 52.6 Å². The SMILES string of the molecule is CCN(CCOCCOCCOCCOCCOCCOCCOCCO)c1ccc(N=Nc2scc[n+]2CC)c(C)c1. The molecule has 0 saturated carbocycles. The molecular weight excluding hydrogens is 576 g/mol. The van der Waals surface area contributed by atoms with Gasteiger partial charge in [0.1, 0.15) is 11.9 Å². The molecule has 12 nitrogen and oxygen atoms in total. The standard InChI is InChI=1S/C30H51N4O8S/c1-4-33(28-6-7-29(27(3)26-28)31-32-30-34(5-2)9-25-43-30)8-11-36-13-15-38-17-19-40-21-23-42-24-22-41-20-18-39-16-14-37-12-10-35/h6-7,9,25-26,35H,4-5,8,10-24H2,1-3H3/q+1. The second-order valence-electron chi connectivity index (χ2n) is 9.23. The zero-order valence-corrected chi connectivity index (χ0v) is 26.9. The number of aryl methyl sites for hydroxylation is 2. The molecule has 0 atom stereocenters. The van der Waals surface area contributed by atoms with Crippen molar-refractivity contribution in [2.45, 2.75) is 27.3 Å². The highest BCUT2D eigenvalue weighted by molar-refractivity contribution is 7.12. The topological polar surface area (TPSA) is 117 Å². The lowest BCUT2D eigenvalue weighted by molar-refractivity contribution is -0.676. The summed E-state index contributed by atoms with van der Waals surface area (Å²) >= 11 is 1.59. The van der Waals surface area contributed by atoms with Crippen LogP contribution in [-0.2, 0) is 39.7 Å². The van der Waals surface area contributed by atoms with Crippen LogP contribution in [0, 0.1) is 6.92 Å². The van der Waals surface area contributed by atoms with Gasteiger partial charge >= 0.3 is 5.13 Å². The molecule has 1 N–H and O–H groups in total. The van der Waals surface area contributed by atoms with Gasteiger partial charge < -0.3 is 43.2 Å². The summed E-state index contributed by atoms with van der Waals surface area (Å²) in [5, 5.41) is 20.4. The number of thiazole rings is 1. The van der Waals surface area contributed by atoms with Crippen molar-refractivity contribution in [1.29, 1.82) is 0 Å². The maximum Gasteiger partial charge on any atom is 0.408 e. The van der Waals surface area contributed by atoms with Gasteiger partial charge in [0.05, 0.1) is 111 Å². The van der Waals surface area contributed by atoms with Gasteiger partial charge in [0.15, 0.2) is 0 Å². The van der Waals surface area contributed by atoms with Crippen LogP contribution in [0.2, 0.25) is 0 Å². The van der Waals surface area contributed by atoms with Crippen LogP contribution in [0.4, 0.5) is 16.5 Å². The number of hydrogen-bond donors (Lipinski definition) is 1. The van der Waals surface area contributed by atoms with E-state index < -0.39 is 0 Å². The van der Waals surface area contributed by atoms with Crippen molar-refractivity contribution in [2.75, 3.05) is 117 Å². The number of ether oxygens (including phenoxy) is 7. The average molecular weight is 628 g/mol. The lowest BCUT2D eigenvalue weighted by Crippen LogP contribution is -2.28. The number of hydrogen-bond acceptors (Lipinski definition) is 12. The molecule has 2 rings (SSSR count). The molecule has 0 saturated heterocycles. The molecule has 1 aromatic heterocycles. The first kappa shape index (κ1) is 37.1. The van der Waals surface area contributed by atoms with Gasteiger partial charge in [-0.05, 0) is 61.0 Å². The first-order valence-electron chi connectivity index (χ1n) is 15.1. The fourth-order valence-electron chi connectivity index (χ4n) is 3.79. The highest BCUT2D eigenvalue weighted by atomic mass is 32.1. The Kier molecular flexibility index (Phi) is 21.8. The molecule has 13 heteroatoms. The molecule has 1 aromatic carbocycles. The van der Waals surface area contributed by atoms with Crippen molar-refractivity contribution in [2.24, 2.45) is 10.2 Å². The molecule has 0 bridgehead atoms. The van der Waals surface area contributed by atoms with E-state index in [1.54, 1.807) is 11.3 Å². The Labute approximate surface area is 260 Å². The van der Waals surface area contributed by atoms with Crippen molar-refractivity contribution in [3.63, 3.8) is 0 Å². The van der Waals surface area contributed by atoms with E-state index >= 15 is 0 Å². The Hall–Kier alpha value is -2.07. The Morgan fingerprint density at radius 2 is 1.23 bits per heavy atom. The summed E-state index contributed by atoms with van der Waals surface area (Å²) in [5.41, 5.74) is 3.11. The molecule has 1 heterocycles. The van der Waals surface area contributed by atoms with Crippen molar-refractivity contribution in [3.8, 4) is 0 Å². The Morgan fingerprint density at radius 1 is 0.721 bits per heavy atom. The average Bonchev–Trinajstić information content (AvgIpc) is 3.48. The molecule has 43 heavy (non-hydrogen) atoms. The zero-order chi connectivity index (χ0) is 30.8. The minimum absolute atomic E-state index is 0.0281. The molecule has 0 fully saturated rings. The second kappa shape index (κ2) is 25.3. The third kappa shape index (κ3) is 17.1. The van der Waals surface area contributed by atoms with Crippen LogP contribution in [0.1, 0.15) is 19.4 Å². The van der Waals surface area contributed by atoms with Gasteiger partial charge in [-0.1, -0.05) is 0 Å². The Balaban J connectivity index is 1.42. The number of benzene rings is 1. The molecule has 0 aliphatic carbocycles. The van der Waals surface area contributed by atoms with E-state index in [4.69, 9.17) is 38.3 Å². The van der Waals surface area contributed by atoms with Gasteiger partial charge in [0.2, 0.25) is 0 Å². The highest BCUT2D eigenvalue weighted by Gasteiger charge is 2.11. The molecule has 0 aliphatic rings. The molecule has 244 valence electrons. The van der Waals surface area contributed by atoms with E-state index in [9.17, 15) is 0 Å². The van der Waals surface area contributed by atoms with Gasteiger partial charge in [0, 0.05) is 24.2 Å². The van der Waals surface area contributed by atoms with Gasteiger partial charge in [0.25, 0.3) is 0 Å². The fourth-order valence-corrected chi connectivity index (χ4v) is 4.54. The van der Waals surface area contributed by atoms with Crippen LogP contribution in [0.5, 0.6) is 0 Å². The van der Waals surface area contributed by atoms with E-state index in [-0.39, 0.29) is 6.61 Å². The number of nitrogens with zero attached hydrogens (tertiary/aromatic N) is 4. The maximum atomic E-state index is 8.59. The number of aliphatic hydroxyl groups is 1. The fraction of sp³-hybridized carbons (Fsp3) is 0.700. The van der Waals surface area contributed by atoms with Crippen LogP contribution < -0.4 is 9.47 Å². The second-order valence-corrected chi connectivity index (χ2v) is 10.1. The van der Waals surface area contributed by atoms with Crippen molar-refractivity contribution < 1.29 is 42.8 Å². The summed E-state index contributed by atoms with van der Waals surface area (Å²) in [4.78, 5) is 2.29. The summed E-state index contributed by atoms with van der Waals surface area (Å²) in [7, 11) is 0. The van der Waals surface area contributed by atoms with E-state index in [1.165, 1.54) is 0 Å². The summed E-state index contributed by atoms with van der Waals surface area (Å²) in [6, 6.07) is 6.27. The van der Waals surface area contributed by atoms with Gasteiger partial charge in [-0.3, -0.25) is 0 Å². The van der Waals surface area contributed by atoms with Crippen molar-refractivity contribution >= 4 is 27.8 Å². The molecule has 0 aliphatic heterocycles. The predicted molar refractivity (Wildman–Crippen MR) is 166 cm³/mol. The molecule has 0 radical (unpaired) electrons. The van der Waals surface area contributed by atoms with Crippen molar-refractivity contribution in [1.82, 2.24) is 0 Å². The first-order valence-corrected chi connectivity index (χ1v) is 16.0. The summed E-state index contributed by atoms with van der Waals surface area (Å²) in [5.74, 6) is 0. The Morgan fingerprint density at radius 3 is 1.70 bits per heavy atom. The third-order valence-corrected chi connectivity index (χ3v) is 6.93. The lowest BCUT2D eigenvalue weighted by atomic mass is 10.1. The van der Waals surface area contributed by atoms with Crippen LogP contribution in [0.3, 0.4) is 0 Å². The number of aliphatic hydroxyl groups excluding tert-OH is 1. The van der Waals surface area contributed by atoms with E-state index in [1.807, 2.05) is 17.6 Å². The number of azo groups is 1.